The molecular formula is C38H36O8. The Morgan fingerprint density at radius 1 is 0.630 bits per heavy atom. The number of ether oxygens (including phenoxy) is 4. The van der Waals surface area contributed by atoms with Crippen molar-refractivity contribution in [2.45, 2.75) is 26.7 Å². The maximum absolute atomic E-state index is 12.3. The van der Waals surface area contributed by atoms with Gasteiger partial charge in [0.25, 0.3) is 0 Å². The van der Waals surface area contributed by atoms with Crippen molar-refractivity contribution in [1.82, 2.24) is 0 Å². The summed E-state index contributed by atoms with van der Waals surface area (Å²) in [5, 5.41) is 4.60. The summed E-state index contributed by atoms with van der Waals surface area (Å²) in [6.45, 7) is 4.90. The van der Waals surface area contributed by atoms with Crippen LogP contribution in [0.3, 0.4) is 0 Å². The van der Waals surface area contributed by atoms with E-state index >= 15 is 0 Å². The van der Waals surface area contributed by atoms with E-state index < -0.39 is 10.8 Å². The highest BCUT2D eigenvalue weighted by atomic mass is 16.6. The summed E-state index contributed by atoms with van der Waals surface area (Å²) in [5.41, 5.74) is 0.683. The third kappa shape index (κ3) is 4.82. The average molecular weight is 621 g/mol. The second-order valence-corrected chi connectivity index (χ2v) is 12.7. The van der Waals surface area contributed by atoms with Crippen molar-refractivity contribution in [2.75, 3.05) is 26.4 Å². The van der Waals surface area contributed by atoms with Crippen LogP contribution >= 0.6 is 0 Å². The number of benzene rings is 4. The van der Waals surface area contributed by atoms with Crippen molar-refractivity contribution in [3.8, 4) is 0 Å². The van der Waals surface area contributed by atoms with E-state index in [0.717, 1.165) is 32.7 Å². The molecule has 2 saturated carbocycles. The lowest BCUT2D eigenvalue weighted by Gasteiger charge is -2.13. The molecule has 0 amide bonds. The van der Waals surface area contributed by atoms with Gasteiger partial charge >= 0.3 is 23.9 Å². The summed E-state index contributed by atoms with van der Waals surface area (Å²) in [7, 11) is 0. The van der Waals surface area contributed by atoms with Crippen molar-refractivity contribution >= 4 is 45.4 Å². The second kappa shape index (κ2) is 11.6. The number of carbonyl (C=O) groups is 4. The molecule has 4 unspecified atom stereocenters. The summed E-state index contributed by atoms with van der Waals surface area (Å²) in [6.07, 6.45) is 1.07. The van der Waals surface area contributed by atoms with Crippen molar-refractivity contribution in [3.05, 3.63) is 96.1 Å². The Hall–Kier alpha value is -4.72. The average Bonchev–Trinajstić information content (AvgIpc) is 3.83. The lowest BCUT2D eigenvalue weighted by Crippen LogP contribution is -2.25. The van der Waals surface area contributed by atoms with Crippen LogP contribution in [0.4, 0.5) is 0 Å². The maximum Gasteiger partial charge on any atom is 0.313 e. The number of hydrogen-bond donors (Lipinski definition) is 0. The lowest BCUT2D eigenvalue weighted by atomic mass is 9.92. The Bertz CT molecular complexity index is 1730. The van der Waals surface area contributed by atoms with Gasteiger partial charge in [0.05, 0.1) is 49.1 Å². The quantitative estimate of drug-likeness (QED) is 0.189. The van der Waals surface area contributed by atoms with Gasteiger partial charge in [-0.15, -0.1) is 0 Å². The Kier molecular flexibility index (Phi) is 7.54. The molecule has 6 atom stereocenters. The van der Waals surface area contributed by atoms with E-state index in [2.05, 4.69) is 48.5 Å². The maximum atomic E-state index is 12.3. The zero-order valence-electron chi connectivity index (χ0n) is 25.9. The van der Waals surface area contributed by atoms with E-state index in [-0.39, 0.29) is 47.5 Å². The van der Waals surface area contributed by atoms with Gasteiger partial charge in [-0.25, -0.2) is 0 Å². The fraction of sp³-hybridized carbons (Fsp3) is 0.368. The van der Waals surface area contributed by atoms with Crippen molar-refractivity contribution in [1.29, 1.82) is 0 Å². The van der Waals surface area contributed by atoms with Crippen LogP contribution in [0.2, 0.25) is 0 Å². The van der Waals surface area contributed by atoms with Crippen LogP contribution in [-0.2, 0) is 51.0 Å². The van der Waals surface area contributed by atoms with Gasteiger partial charge in [-0.2, -0.15) is 0 Å². The molecule has 0 aromatic heterocycles. The van der Waals surface area contributed by atoms with Gasteiger partial charge in [0, 0.05) is 11.8 Å². The topological polar surface area (TPSA) is 105 Å². The standard InChI is InChI=1S/2C19H18O4/c2*1-2-22-17(20)16-15-11-23-18(21)19(15,16)10-12-7-8-13-5-3-4-6-14(13)9-12/h2*3-9,15-16H,2,10-11H2,1H3/t2*15?,16-,19?/m10/s1. The molecule has 236 valence electrons. The van der Waals surface area contributed by atoms with Crippen LogP contribution in [0.15, 0.2) is 84.9 Å². The molecule has 0 spiro atoms. The summed E-state index contributed by atoms with van der Waals surface area (Å²) in [4.78, 5) is 48.9. The molecule has 4 fully saturated rings. The summed E-state index contributed by atoms with van der Waals surface area (Å²) < 4.78 is 20.7. The fourth-order valence-electron chi connectivity index (χ4n) is 7.90. The molecule has 0 bridgehead atoms. The first-order valence-corrected chi connectivity index (χ1v) is 16.0. The molecule has 2 heterocycles. The molecule has 2 aliphatic heterocycles. The van der Waals surface area contributed by atoms with E-state index in [0.29, 0.717) is 39.3 Å². The van der Waals surface area contributed by atoms with Crippen molar-refractivity contribution in [2.24, 2.45) is 34.5 Å². The van der Waals surface area contributed by atoms with Crippen LogP contribution in [0, 0.1) is 34.5 Å². The number of fused-ring (bicyclic) bond motifs is 4. The predicted molar refractivity (Wildman–Crippen MR) is 169 cm³/mol. The van der Waals surface area contributed by atoms with Crippen LogP contribution in [0.5, 0.6) is 0 Å². The Labute approximate surface area is 267 Å². The molecule has 46 heavy (non-hydrogen) atoms. The number of cyclic esters (lactones) is 2. The minimum absolute atomic E-state index is 0.0412. The zero-order chi connectivity index (χ0) is 32.1. The summed E-state index contributed by atoms with van der Waals surface area (Å²) in [5.74, 6) is -1.83. The molecule has 4 aliphatic rings. The van der Waals surface area contributed by atoms with Gasteiger partial charge in [0.1, 0.15) is 0 Å². The lowest BCUT2D eigenvalue weighted by molar-refractivity contribution is -0.154. The summed E-state index contributed by atoms with van der Waals surface area (Å²) in [6, 6.07) is 28.6. The molecule has 8 rings (SSSR count). The van der Waals surface area contributed by atoms with Crippen LogP contribution in [0.25, 0.3) is 21.5 Å². The molecule has 8 nitrogen and oxygen atoms in total. The second-order valence-electron chi connectivity index (χ2n) is 12.7. The van der Waals surface area contributed by atoms with Gasteiger partial charge in [0.15, 0.2) is 0 Å². The fourth-order valence-corrected chi connectivity index (χ4v) is 7.90. The number of hydrogen-bond acceptors (Lipinski definition) is 8. The molecule has 4 aromatic rings. The van der Waals surface area contributed by atoms with Crippen molar-refractivity contribution < 1.29 is 38.1 Å². The Morgan fingerprint density at radius 2 is 1.02 bits per heavy atom. The van der Waals surface area contributed by atoms with Gasteiger partial charge < -0.3 is 18.9 Å². The SMILES string of the molecule is CCOC(=O)[C@@H]1C2COC(=O)C21Cc1ccc2ccccc2c1.CCOC(=O)[C@H]1C2COC(=O)C21Cc1ccc2ccccc2c1. The van der Waals surface area contributed by atoms with E-state index in [1.54, 1.807) is 13.8 Å². The molecular weight excluding hydrogens is 584 g/mol. The largest absolute Gasteiger partial charge is 0.466 e. The Balaban J connectivity index is 0.000000147. The van der Waals surface area contributed by atoms with E-state index in [9.17, 15) is 19.2 Å². The molecule has 2 aliphatic carbocycles. The number of esters is 4. The molecule has 8 heteroatoms. The van der Waals surface area contributed by atoms with E-state index in [1.165, 1.54) is 0 Å². The van der Waals surface area contributed by atoms with Gasteiger partial charge in [-0.05, 0) is 59.4 Å². The van der Waals surface area contributed by atoms with E-state index in [4.69, 9.17) is 18.9 Å². The van der Waals surface area contributed by atoms with Crippen LogP contribution < -0.4 is 0 Å². The predicted octanol–water partition coefficient (Wildman–Crippen LogP) is 5.47. The smallest absolute Gasteiger partial charge is 0.313 e. The minimum Gasteiger partial charge on any atom is -0.466 e. The van der Waals surface area contributed by atoms with Gasteiger partial charge in [-0.1, -0.05) is 84.9 Å². The highest BCUT2D eigenvalue weighted by Gasteiger charge is 2.78. The van der Waals surface area contributed by atoms with Crippen LogP contribution in [-0.4, -0.2) is 50.3 Å². The molecule has 0 N–H and O–H groups in total. The highest BCUT2D eigenvalue weighted by Crippen LogP contribution is 2.66. The van der Waals surface area contributed by atoms with Gasteiger partial charge in [-0.3, -0.25) is 19.2 Å². The van der Waals surface area contributed by atoms with Crippen molar-refractivity contribution in [3.63, 3.8) is 0 Å². The van der Waals surface area contributed by atoms with E-state index in [1.807, 2.05) is 36.4 Å². The molecule has 4 aromatic carbocycles. The first-order chi connectivity index (χ1) is 22.3. The monoisotopic (exact) mass is 620 g/mol. The number of rotatable bonds is 8. The highest BCUT2D eigenvalue weighted by molar-refractivity contribution is 5.95. The third-order valence-corrected chi connectivity index (χ3v) is 10.3. The summed E-state index contributed by atoms with van der Waals surface area (Å²) >= 11 is 0. The first-order valence-electron chi connectivity index (χ1n) is 16.0. The Morgan fingerprint density at radius 3 is 1.41 bits per heavy atom. The molecule has 2 saturated heterocycles. The first kappa shape index (κ1) is 30.0. The van der Waals surface area contributed by atoms with Crippen LogP contribution in [0.1, 0.15) is 25.0 Å². The normalized spacial score (nSPS) is 28.3. The molecule has 0 radical (unpaired) electrons. The van der Waals surface area contributed by atoms with Gasteiger partial charge in [0.2, 0.25) is 0 Å². The zero-order valence-corrected chi connectivity index (χ0v) is 25.9. The minimum atomic E-state index is -0.714. The third-order valence-electron chi connectivity index (χ3n) is 10.3. The number of carbonyl (C=O) groups excluding carboxylic acids is 4.